The summed E-state index contributed by atoms with van der Waals surface area (Å²) in [4.78, 5) is 4.70. The fourth-order valence-electron chi connectivity index (χ4n) is 6.78. The van der Waals surface area contributed by atoms with Crippen molar-refractivity contribution >= 4 is 34.1 Å². The third-order valence-corrected chi connectivity index (χ3v) is 10.5. The number of fused-ring (bicyclic) bond motifs is 1. The highest BCUT2D eigenvalue weighted by atomic mass is 15.1. The molecule has 1 aliphatic carbocycles. The number of hydrogen-bond acceptors (Lipinski definition) is 2. The summed E-state index contributed by atoms with van der Waals surface area (Å²) in [6.45, 7) is 11.5. The Morgan fingerprint density at radius 2 is 0.872 bits per heavy atom. The summed E-state index contributed by atoms with van der Waals surface area (Å²) < 4.78 is 0. The lowest BCUT2D eigenvalue weighted by atomic mass is 9.82. The molecule has 0 radical (unpaired) electrons. The first-order valence-corrected chi connectivity index (χ1v) is 17.0. The van der Waals surface area contributed by atoms with Crippen LogP contribution < -0.4 is 9.80 Å². The van der Waals surface area contributed by atoms with Crippen molar-refractivity contribution in [2.45, 2.75) is 58.3 Å². The summed E-state index contributed by atoms with van der Waals surface area (Å²) >= 11 is 0. The van der Waals surface area contributed by atoms with Gasteiger partial charge in [-0.05, 0) is 119 Å². The van der Waals surface area contributed by atoms with Crippen molar-refractivity contribution in [2.75, 3.05) is 9.80 Å². The Labute approximate surface area is 281 Å². The molecule has 2 heteroatoms. The van der Waals surface area contributed by atoms with Gasteiger partial charge in [0.25, 0.3) is 0 Å². The van der Waals surface area contributed by atoms with E-state index in [1.54, 1.807) is 0 Å². The van der Waals surface area contributed by atoms with Crippen LogP contribution in [0.25, 0.3) is 11.1 Å². The van der Waals surface area contributed by atoms with Crippen LogP contribution in [-0.4, -0.2) is 0 Å². The van der Waals surface area contributed by atoms with Crippen molar-refractivity contribution in [3.63, 3.8) is 0 Å². The number of rotatable bonds is 10. The Morgan fingerprint density at radius 3 is 1.32 bits per heavy atom. The van der Waals surface area contributed by atoms with Crippen LogP contribution in [0.1, 0.15) is 64.2 Å². The first kappa shape index (κ1) is 30.6. The third-order valence-electron chi connectivity index (χ3n) is 10.5. The zero-order chi connectivity index (χ0) is 32.6. The first-order chi connectivity index (χ1) is 22.8. The predicted octanol–water partition coefficient (Wildman–Crippen LogP) is 13.0. The molecule has 0 heterocycles. The lowest BCUT2D eigenvalue weighted by Crippen LogP contribution is -2.16. The van der Waals surface area contributed by atoms with Crippen LogP contribution in [0.2, 0.25) is 0 Å². The molecule has 234 valence electrons. The van der Waals surface area contributed by atoms with Gasteiger partial charge < -0.3 is 9.80 Å². The molecule has 0 saturated heterocycles. The van der Waals surface area contributed by atoms with Crippen molar-refractivity contribution in [3.05, 3.63) is 168 Å². The monoisotopic (exact) mass is 612 g/mol. The van der Waals surface area contributed by atoms with Gasteiger partial charge >= 0.3 is 0 Å². The Bertz CT molecular complexity index is 1960. The van der Waals surface area contributed by atoms with Gasteiger partial charge in [-0.2, -0.15) is 0 Å². The van der Waals surface area contributed by atoms with Crippen molar-refractivity contribution in [1.82, 2.24) is 0 Å². The van der Waals surface area contributed by atoms with Gasteiger partial charge in [0.15, 0.2) is 0 Å². The van der Waals surface area contributed by atoms with Crippen LogP contribution >= 0.6 is 0 Å². The lowest BCUT2D eigenvalue weighted by molar-refractivity contribution is 0.506. The molecule has 6 aromatic carbocycles. The maximum atomic E-state index is 2.38. The van der Waals surface area contributed by atoms with E-state index in [2.05, 4.69) is 196 Å². The SMILES string of the molecule is CCC(C)(C)c1ccc(N(c2ccccc2)c2ccc(-c3ccc(N(c4ccccc4)c4ccc5c(c4)C5(C)CC)cc3)cc2)cc1. The highest BCUT2D eigenvalue weighted by Crippen LogP contribution is 2.54. The maximum absolute atomic E-state index is 2.38. The summed E-state index contributed by atoms with van der Waals surface area (Å²) in [5.41, 5.74) is 14.1. The molecule has 1 unspecified atom stereocenters. The minimum Gasteiger partial charge on any atom is -0.311 e. The summed E-state index contributed by atoms with van der Waals surface area (Å²) in [5, 5.41) is 0. The fourth-order valence-corrected chi connectivity index (χ4v) is 6.78. The normalized spacial score (nSPS) is 15.2. The van der Waals surface area contributed by atoms with E-state index in [1.165, 1.54) is 33.5 Å². The van der Waals surface area contributed by atoms with Crippen LogP contribution in [0, 0.1) is 0 Å². The van der Waals surface area contributed by atoms with Gasteiger partial charge in [-0.15, -0.1) is 0 Å². The molecule has 0 bridgehead atoms. The maximum Gasteiger partial charge on any atom is 0.0464 e. The molecule has 0 aromatic heterocycles. The van der Waals surface area contributed by atoms with Crippen LogP contribution in [0.4, 0.5) is 34.1 Å². The average Bonchev–Trinajstić information content (AvgIpc) is 3.73. The number of hydrogen-bond donors (Lipinski definition) is 0. The molecular weight excluding hydrogens is 569 g/mol. The molecule has 0 fully saturated rings. The molecule has 0 saturated carbocycles. The topological polar surface area (TPSA) is 6.48 Å². The fraction of sp³-hybridized carbons (Fsp3) is 0.200. The summed E-state index contributed by atoms with van der Waals surface area (Å²) in [5.74, 6) is 0. The zero-order valence-electron chi connectivity index (χ0n) is 28.2. The van der Waals surface area contributed by atoms with E-state index in [-0.39, 0.29) is 10.8 Å². The van der Waals surface area contributed by atoms with E-state index in [4.69, 9.17) is 0 Å². The second-order valence-electron chi connectivity index (χ2n) is 13.6. The number of benzene rings is 6. The van der Waals surface area contributed by atoms with Crippen LogP contribution in [0.15, 0.2) is 152 Å². The van der Waals surface area contributed by atoms with Crippen LogP contribution in [0.5, 0.6) is 0 Å². The molecular formula is C45H44N2. The van der Waals surface area contributed by atoms with Crippen molar-refractivity contribution < 1.29 is 0 Å². The van der Waals surface area contributed by atoms with Crippen molar-refractivity contribution in [3.8, 4) is 11.1 Å². The van der Waals surface area contributed by atoms with E-state index in [0.717, 1.165) is 41.3 Å². The largest absolute Gasteiger partial charge is 0.311 e. The number of anilines is 6. The predicted molar refractivity (Wildman–Crippen MR) is 201 cm³/mol. The molecule has 0 amide bonds. The van der Waals surface area contributed by atoms with E-state index in [1.807, 2.05) is 0 Å². The molecule has 7 rings (SSSR count). The second kappa shape index (κ2) is 12.3. The minimum atomic E-state index is 0.157. The second-order valence-corrected chi connectivity index (χ2v) is 13.6. The molecule has 0 aliphatic heterocycles. The zero-order valence-corrected chi connectivity index (χ0v) is 28.2. The number of nitrogens with zero attached hydrogens (tertiary/aromatic N) is 2. The van der Waals surface area contributed by atoms with Gasteiger partial charge in [-0.25, -0.2) is 0 Å². The molecule has 2 nitrogen and oxygen atoms in total. The Balaban J connectivity index is 1.18. The van der Waals surface area contributed by atoms with E-state index >= 15 is 0 Å². The highest BCUT2D eigenvalue weighted by Gasteiger charge is 2.44. The van der Waals surface area contributed by atoms with E-state index in [0.29, 0.717) is 0 Å². The summed E-state index contributed by atoms with van der Waals surface area (Å²) in [6.07, 6.45) is 2.24. The quantitative estimate of drug-likeness (QED) is 0.152. The van der Waals surface area contributed by atoms with Gasteiger partial charge in [0, 0.05) is 39.5 Å². The first-order valence-electron chi connectivity index (χ1n) is 17.0. The Hall–Kier alpha value is -5.08. The standard InChI is InChI=1S/C45H44N2/c1-6-44(3,4)35-22-28-40(29-23-35)46(36-14-10-8-11-15-36)38-24-18-33(19-25-38)34-20-26-39(27-21-34)47(37-16-12-9-13-17-37)41-30-31-42-43(32-41)45(42,5)7-2/h8-32H,6-7H2,1-5H3. The molecule has 6 aromatic rings. The van der Waals surface area contributed by atoms with Crippen molar-refractivity contribution in [1.29, 1.82) is 0 Å². The smallest absolute Gasteiger partial charge is 0.0464 e. The van der Waals surface area contributed by atoms with E-state index in [9.17, 15) is 0 Å². The van der Waals surface area contributed by atoms with Gasteiger partial charge in [-0.1, -0.05) is 113 Å². The average molecular weight is 613 g/mol. The minimum absolute atomic E-state index is 0.157. The van der Waals surface area contributed by atoms with Crippen molar-refractivity contribution in [2.24, 2.45) is 0 Å². The molecule has 47 heavy (non-hydrogen) atoms. The van der Waals surface area contributed by atoms with E-state index < -0.39 is 0 Å². The molecule has 0 spiro atoms. The van der Waals surface area contributed by atoms with Gasteiger partial charge in [0.1, 0.15) is 0 Å². The third kappa shape index (κ3) is 5.74. The number of para-hydroxylation sites is 2. The summed E-state index contributed by atoms with van der Waals surface area (Å²) in [6, 6.07) is 55.3. The van der Waals surface area contributed by atoms with Crippen LogP contribution in [-0.2, 0) is 10.8 Å². The van der Waals surface area contributed by atoms with Gasteiger partial charge in [0.2, 0.25) is 0 Å². The lowest BCUT2D eigenvalue weighted by Gasteiger charge is -2.28. The Morgan fingerprint density at radius 1 is 0.468 bits per heavy atom. The van der Waals surface area contributed by atoms with Gasteiger partial charge in [-0.3, -0.25) is 0 Å². The molecule has 1 aliphatic rings. The molecule has 1 atom stereocenters. The van der Waals surface area contributed by atoms with Gasteiger partial charge in [0.05, 0.1) is 0 Å². The highest BCUT2D eigenvalue weighted by molar-refractivity contribution is 5.82. The molecule has 0 N–H and O–H groups in total. The Kier molecular flexibility index (Phi) is 7.98. The summed E-state index contributed by atoms with van der Waals surface area (Å²) in [7, 11) is 0. The van der Waals surface area contributed by atoms with Crippen LogP contribution in [0.3, 0.4) is 0 Å².